The van der Waals surface area contributed by atoms with E-state index < -0.39 is 32.5 Å². The van der Waals surface area contributed by atoms with Gasteiger partial charge in [-0.3, -0.25) is 23.4 Å². The molecule has 0 aromatic carbocycles. The smallest absolute Gasteiger partial charge is 0.462 e. The number of allylic oxidation sites excluding steroid dienone is 16. The van der Waals surface area contributed by atoms with Crippen molar-refractivity contribution in [3.63, 3.8) is 0 Å². The van der Waals surface area contributed by atoms with E-state index in [0.717, 1.165) is 83.5 Å². The van der Waals surface area contributed by atoms with Gasteiger partial charge >= 0.3 is 19.8 Å². The van der Waals surface area contributed by atoms with Crippen molar-refractivity contribution in [3.05, 3.63) is 97.2 Å². The van der Waals surface area contributed by atoms with Crippen molar-refractivity contribution in [1.82, 2.24) is 0 Å². The topological polar surface area (TPSA) is 125 Å². The zero-order valence-electron chi connectivity index (χ0n) is 37.2. The molecule has 0 radical (unpaired) electrons. The number of hydrogen-bond donors (Lipinski definition) is 1. The number of hydrogen-bond acceptors (Lipinski definition) is 8. The zero-order valence-corrected chi connectivity index (χ0v) is 38.1. The number of ketones is 1. The van der Waals surface area contributed by atoms with E-state index in [1.807, 2.05) is 45.4 Å². The van der Waals surface area contributed by atoms with Gasteiger partial charge in [0.15, 0.2) is 11.9 Å². The van der Waals surface area contributed by atoms with Gasteiger partial charge in [-0.25, -0.2) is 4.57 Å². The Hall–Kier alpha value is -3.40. The summed E-state index contributed by atoms with van der Waals surface area (Å²) in [4.78, 5) is 47.1. The SMILES string of the molecule is CC/C=C\C/C=C\C/C=C\C/C=C\CCCCCCC(=O)O[C@H](COC(=O)CCC/C=C\C/C=C\C/C=C\C=C\C(=O)CCCCC)COP(=O)(O)OCC[N+](C)(C)C. The molecule has 0 aromatic heterocycles. The molecule has 0 aromatic rings. The van der Waals surface area contributed by atoms with Gasteiger partial charge in [-0.1, -0.05) is 131 Å². The normalized spacial score (nSPS) is 14.4. The van der Waals surface area contributed by atoms with Gasteiger partial charge < -0.3 is 18.9 Å². The summed E-state index contributed by atoms with van der Waals surface area (Å²) in [7, 11) is 1.38. The van der Waals surface area contributed by atoms with Gasteiger partial charge in [0, 0.05) is 19.3 Å². The summed E-state index contributed by atoms with van der Waals surface area (Å²) in [6.45, 7) is 4.00. The number of carbonyl (C=O) groups is 3. The van der Waals surface area contributed by atoms with Crippen molar-refractivity contribution in [1.29, 1.82) is 0 Å². The Bertz CT molecular complexity index is 1380. The van der Waals surface area contributed by atoms with E-state index in [4.69, 9.17) is 18.5 Å². The molecular formula is C48H79NO9P+. The lowest BCUT2D eigenvalue weighted by molar-refractivity contribution is -0.870. The number of rotatable bonds is 38. The Kier molecular flexibility index (Phi) is 36.5. The lowest BCUT2D eigenvalue weighted by atomic mass is 10.1. The van der Waals surface area contributed by atoms with Crippen molar-refractivity contribution in [2.24, 2.45) is 0 Å². The summed E-state index contributed by atoms with van der Waals surface area (Å²) in [6.07, 6.45) is 47.3. The van der Waals surface area contributed by atoms with Gasteiger partial charge in [0.1, 0.15) is 19.8 Å². The van der Waals surface area contributed by atoms with Crippen LogP contribution in [0, 0.1) is 0 Å². The molecule has 59 heavy (non-hydrogen) atoms. The summed E-state index contributed by atoms with van der Waals surface area (Å²) >= 11 is 0. The monoisotopic (exact) mass is 845 g/mol. The van der Waals surface area contributed by atoms with Crippen molar-refractivity contribution >= 4 is 25.5 Å². The average Bonchev–Trinajstić information content (AvgIpc) is 3.18. The number of ether oxygens (including phenoxy) is 2. The highest BCUT2D eigenvalue weighted by Gasteiger charge is 2.27. The zero-order chi connectivity index (χ0) is 43.7. The van der Waals surface area contributed by atoms with Crippen LogP contribution < -0.4 is 0 Å². The molecule has 1 N–H and O–H groups in total. The third kappa shape index (κ3) is 42.5. The summed E-state index contributed by atoms with van der Waals surface area (Å²) < 4.78 is 34.2. The number of quaternary nitrogens is 1. The lowest BCUT2D eigenvalue weighted by Gasteiger charge is -2.24. The number of nitrogens with zero attached hydrogens (tertiary/aromatic N) is 1. The molecule has 11 heteroatoms. The van der Waals surface area contributed by atoms with Crippen LogP contribution in [-0.2, 0) is 37.5 Å². The van der Waals surface area contributed by atoms with Crippen molar-refractivity contribution < 1.29 is 46.8 Å². The maximum absolute atomic E-state index is 12.7. The van der Waals surface area contributed by atoms with E-state index in [9.17, 15) is 23.8 Å². The van der Waals surface area contributed by atoms with Gasteiger partial charge in [0.25, 0.3) is 0 Å². The van der Waals surface area contributed by atoms with E-state index in [2.05, 4.69) is 74.6 Å². The van der Waals surface area contributed by atoms with Crippen LogP contribution in [-0.4, -0.2) is 80.7 Å². The highest BCUT2D eigenvalue weighted by Crippen LogP contribution is 2.43. The fourth-order valence-corrected chi connectivity index (χ4v) is 5.87. The summed E-state index contributed by atoms with van der Waals surface area (Å²) in [5.74, 6) is -0.771. The molecule has 1 unspecified atom stereocenters. The Labute approximate surface area is 358 Å². The first-order chi connectivity index (χ1) is 28.4. The number of phosphoric acid groups is 1. The fourth-order valence-electron chi connectivity index (χ4n) is 5.13. The van der Waals surface area contributed by atoms with Crippen LogP contribution >= 0.6 is 7.82 Å². The Balaban J connectivity index is 4.57. The van der Waals surface area contributed by atoms with Gasteiger partial charge in [-0.15, -0.1) is 0 Å². The molecule has 0 aliphatic heterocycles. The number of unbranched alkanes of at least 4 members (excludes halogenated alkanes) is 7. The molecule has 0 amide bonds. The summed E-state index contributed by atoms with van der Waals surface area (Å²) in [6, 6.07) is 0. The van der Waals surface area contributed by atoms with Gasteiger partial charge in [-0.2, -0.15) is 0 Å². The minimum Gasteiger partial charge on any atom is -0.462 e. The van der Waals surface area contributed by atoms with Crippen LogP contribution in [0.2, 0.25) is 0 Å². The number of likely N-dealkylation sites (N-methyl/N-ethyl adjacent to an activating group) is 1. The second-order valence-electron chi connectivity index (χ2n) is 15.4. The molecule has 0 saturated heterocycles. The van der Waals surface area contributed by atoms with E-state index in [1.54, 1.807) is 12.2 Å². The highest BCUT2D eigenvalue weighted by molar-refractivity contribution is 7.47. The van der Waals surface area contributed by atoms with E-state index >= 15 is 0 Å². The third-order valence-electron chi connectivity index (χ3n) is 8.57. The van der Waals surface area contributed by atoms with E-state index in [-0.39, 0.29) is 31.8 Å². The standard InChI is InChI=1S/C48H78NO9P/c1-6-8-10-11-12-13-14-15-16-17-18-19-22-26-29-32-36-40-48(52)58-46(44-57-59(53,54)56-42-41-49(3,4)5)43-55-47(51)39-35-31-28-25-23-20-21-24-27-30-34-38-45(50)37-33-9-7-2/h8,10,12-13,15-16,18-21,25,27-28,30,34,38,46H,6-7,9,11,14,17,22-24,26,29,31-33,35-37,39-44H2,1-5H3/p+1/b10-8-,13-12-,16-15-,19-18-,21-20-,28-25-,30-27-,38-34+/t46-/m1/s1. The molecule has 0 aliphatic carbocycles. The molecule has 0 heterocycles. The molecule has 0 saturated carbocycles. The predicted octanol–water partition coefficient (Wildman–Crippen LogP) is 11.8. The molecule has 2 atom stereocenters. The van der Waals surface area contributed by atoms with Crippen LogP contribution in [0.15, 0.2) is 97.2 Å². The molecule has 10 nitrogen and oxygen atoms in total. The van der Waals surface area contributed by atoms with Crippen LogP contribution in [0.5, 0.6) is 0 Å². The molecule has 0 fully saturated rings. The Morgan fingerprint density at radius 1 is 0.593 bits per heavy atom. The average molecular weight is 845 g/mol. The molecule has 0 rings (SSSR count). The Morgan fingerprint density at radius 2 is 1.14 bits per heavy atom. The number of phosphoric ester groups is 1. The minimum atomic E-state index is -4.41. The van der Waals surface area contributed by atoms with Crippen LogP contribution in [0.1, 0.15) is 136 Å². The number of carbonyl (C=O) groups excluding carboxylic acids is 3. The third-order valence-corrected chi connectivity index (χ3v) is 9.56. The molecule has 0 bridgehead atoms. The van der Waals surface area contributed by atoms with Gasteiger partial charge in [0.05, 0.1) is 27.7 Å². The minimum absolute atomic E-state index is 0.00229. The quantitative estimate of drug-likeness (QED) is 0.0123. The first-order valence-corrected chi connectivity index (χ1v) is 23.4. The molecule has 0 spiro atoms. The van der Waals surface area contributed by atoms with Crippen LogP contribution in [0.25, 0.3) is 0 Å². The second kappa shape index (κ2) is 38.8. The first-order valence-electron chi connectivity index (χ1n) is 21.9. The first kappa shape index (κ1) is 55.6. The maximum Gasteiger partial charge on any atom is 0.472 e. The van der Waals surface area contributed by atoms with E-state index in [0.29, 0.717) is 36.7 Å². The molecule has 334 valence electrons. The number of esters is 2. The van der Waals surface area contributed by atoms with Crippen molar-refractivity contribution in [2.45, 2.75) is 142 Å². The Morgan fingerprint density at radius 3 is 1.75 bits per heavy atom. The molecule has 0 aliphatic rings. The predicted molar refractivity (Wildman–Crippen MR) is 243 cm³/mol. The largest absolute Gasteiger partial charge is 0.472 e. The summed E-state index contributed by atoms with van der Waals surface area (Å²) in [5, 5.41) is 0. The van der Waals surface area contributed by atoms with Crippen LogP contribution in [0.4, 0.5) is 0 Å². The fraction of sp³-hybridized carbons (Fsp3) is 0.604. The lowest BCUT2D eigenvalue weighted by Crippen LogP contribution is -2.37. The van der Waals surface area contributed by atoms with Crippen molar-refractivity contribution in [2.75, 3.05) is 47.5 Å². The van der Waals surface area contributed by atoms with Gasteiger partial charge in [-0.05, 0) is 83.1 Å². The molecular weight excluding hydrogens is 766 g/mol. The second-order valence-corrected chi connectivity index (χ2v) is 16.8. The summed E-state index contributed by atoms with van der Waals surface area (Å²) in [5.41, 5.74) is 0. The van der Waals surface area contributed by atoms with Crippen molar-refractivity contribution in [3.8, 4) is 0 Å². The maximum atomic E-state index is 12.7. The van der Waals surface area contributed by atoms with Crippen LogP contribution in [0.3, 0.4) is 0 Å². The van der Waals surface area contributed by atoms with E-state index in [1.165, 1.54) is 0 Å². The van der Waals surface area contributed by atoms with Gasteiger partial charge in [0.2, 0.25) is 0 Å². The highest BCUT2D eigenvalue weighted by atomic mass is 31.2.